The summed E-state index contributed by atoms with van der Waals surface area (Å²) in [6.07, 6.45) is 58.4. The first-order valence-corrected chi connectivity index (χ1v) is 30.6. The number of carbonyl (C=O) groups is 1. The minimum absolute atomic E-state index is 0.171. The number of nitrogens with one attached hydrogen (secondary N) is 1. The van der Waals surface area contributed by atoms with Crippen LogP contribution in [0.2, 0.25) is 0 Å². The second-order valence-electron chi connectivity index (χ2n) is 21.5. The lowest BCUT2D eigenvalue weighted by molar-refractivity contribution is -0.302. The van der Waals surface area contributed by atoms with E-state index in [-0.39, 0.29) is 12.5 Å². The van der Waals surface area contributed by atoms with Crippen LogP contribution in [0, 0.1) is 0 Å². The molecule has 1 rings (SSSR count). The summed E-state index contributed by atoms with van der Waals surface area (Å²) in [6, 6.07) is -0.801. The van der Waals surface area contributed by atoms with Gasteiger partial charge in [-0.25, -0.2) is 0 Å². The molecule has 1 amide bonds. The van der Waals surface area contributed by atoms with Crippen molar-refractivity contribution < 1.29 is 39.8 Å². The maximum Gasteiger partial charge on any atom is 0.220 e. The molecule has 0 radical (unpaired) electrons. The fourth-order valence-electron chi connectivity index (χ4n) is 9.92. The molecular formula is C61H117NO8. The zero-order valence-electron chi connectivity index (χ0n) is 46.0. The van der Waals surface area contributed by atoms with E-state index >= 15 is 0 Å². The second-order valence-corrected chi connectivity index (χ2v) is 21.5. The maximum absolute atomic E-state index is 13.0. The van der Waals surface area contributed by atoms with Crippen LogP contribution in [0.25, 0.3) is 0 Å². The third-order valence-corrected chi connectivity index (χ3v) is 14.8. The number of aliphatic hydroxyl groups excluding tert-OH is 5. The summed E-state index contributed by atoms with van der Waals surface area (Å²) >= 11 is 0. The number of unbranched alkanes of at least 4 members (excludes halogenated alkanes) is 41. The fraction of sp³-hybridized carbons (Fsp3) is 0.918. The fourth-order valence-corrected chi connectivity index (χ4v) is 9.92. The molecule has 0 aromatic rings. The number of allylic oxidation sites excluding steroid dienone is 3. The molecule has 9 heteroatoms. The molecule has 6 N–H and O–H groups in total. The number of aliphatic hydroxyl groups is 5. The molecule has 0 aromatic heterocycles. The molecule has 0 aliphatic carbocycles. The first-order chi connectivity index (χ1) is 34.3. The normalized spacial score (nSPS) is 19.4. The Kier molecular flexibility index (Phi) is 48.7. The summed E-state index contributed by atoms with van der Waals surface area (Å²) < 4.78 is 11.3. The third-order valence-electron chi connectivity index (χ3n) is 14.8. The number of hydrogen-bond acceptors (Lipinski definition) is 8. The highest BCUT2D eigenvalue weighted by atomic mass is 16.7. The standard InChI is InChI=1S/C61H117NO8/c1-3-5-7-9-11-13-15-17-19-20-21-22-23-24-25-26-27-28-29-30-31-32-33-34-35-36-37-39-41-43-45-47-49-51-57(65)62-54(53-69-61-60(68)59(67)58(66)56(52-63)70-61)55(64)50-48-46-44-42-40-38-18-16-14-12-10-8-6-4-2/h20-21,48,50,54-56,58-61,63-64,66-68H,3-19,22-47,49,51-53H2,1-2H3,(H,62,65)/b21-20-,50-48+. The molecule has 1 saturated heterocycles. The summed E-state index contributed by atoms with van der Waals surface area (Å²) in [5.74, 6) is -0.171. The van der Waals surface area contributed by atoms with Crippen LogP contribution >= 0.6 is 0 Å². The summed E-state index contributed by atoms with van der Waals surface area (Å²) in [4.78, 5) is 13.0. The largest absolute Gasteiger partial charge is 0.394 e. The molecule has 70 heavy (non-hydrogen) atoms. The van der Waals surface area contributed by atoms with Crippen LogP contribution in [0.5, 0.6) is 0 Å². The summed E-state index contributed by atoms with van der Waals surface area (Å²) in [5, 5.41) is 54.5. The monoisotopic (exact) mass is 992 g/mol. The molecule has 1 aliphatic rings. The molecule has 7 unspecified atom stereocenters. The first kappa shape index (κ1) is 66.7. The van der Waals surface area contributed by atoms with Gasteiger partial charge in [-0.1, -0.05) is 276 Å². The Morgan fingerprint density at radius 2 is 0.800 bits per heavy atom. The van der Waals surface area contributed by atoms with Gasteiger partial charge in [-0.15, -0.1) is 0 Å². The van der Waals surface area contributed by atoms with Gasteiger partial charge in [0.1, 0.15) is 24.4 Å². The van der Waals surface area contributed by atoms with Gasteiger partial charge in [0.25, 0.3) is 0 Å². The topological polar surface area (TPSA) is 149 Å². The van der Waals surface area contributed by atoms with Crippen molar-refractivity contribution in [2.75, 3.05) is 13.2 Å². The predicted octanol–water partition coefficient (Wildman–Crippen LogP) is 15.4. The SMILES string of the molecule is CCCCCCCCCC/C=C\CCCCCCCCCCCCCCCCCCCCCCCC(=O)NC(COC1OC(CO)C(O)C(O)C1O)C(O)/C=C/CCCCCCCCCCCCCC. The highest BCUT2D eigenvalue weighted by Crippen LogP contribution is 2.23. The van der Waals surface area contributed by atoms with Gasteiger partial charge in [0.05, 0.1) is 25.4 Å². The van der Waals surface area contributed by atoms with Crippen LogP contribution in [0.15, 0.2) is 24.3 Å². The van der Waals surface area contributed by atoms with Gasteiger partial charge in [-0.2, -0.15) is 0 Å². The number of amides is 1. The van der Waals surface area contributed by atoms with Gasteiger partial charge in [-0.05, 0) is 44.9 Å². The number of ether oxygens (including phenoxy) is 2. The van der Waals surface area contributed by atoms with E-state index in [4.69, 9.17) is 9.47 Å². The van der Waals surface area contributed by atoms with Crippen LogP contribution in [0.3, 0.4) is 0 Å². The Balaban J connectivity index is 2.09. The van der Waals surface area contributed by atoms with Crippen molar-refractivity contribution in [3.8, 4) is 0 Å². The number of hydrogen-bond donors (Lipinski definition) is 6. The van der Waals surface area contributed by atoms with E-state index in [0.717, 1.165) is 38.5 Å². The Morgan fingerprint density at radius 1 is 0.471 bits per heavy atom. The maximum atomic E-state index is 13.0. The van der Waals surface area contributed by atoms with E-state index in [0.29, 0.717) is 6.42 Å². The molecule has 0 aromatic carbocycles. The Labute approximate surface area is 432 Å². The Morgan fingerprint density at radius 3 is 1.16 bits per heavy atom. The average molecular weight is 993 g/mol. The zero-order chi connectivity index (χ0) is 50.8. The lowest BCUT2D eigenvalue weighted by Crippen LogP contribution is -2.60. The molecule has 0 bridgehead atoms. The Bertz CT molecular complexity index is 1150. The van der Waals surface area contributed by atoms with Crippen molar-refractivity contribution in [1.29, 1.82) is 0 Å². The predicted molar refractivity (Wildman–Crippen MR) is 295 cm³/mol. The molecule has 0 saturated carbocycles. The quantitative estimate of drug-likeness (QED) is 0.0261. The van der Waals surface area contributed by atoms with Gasteiger partial charge >= 0.3 is 0 Å². The van der Waals surface area contributed by atoms with Crippen LogP contribution in [0.4, 0.5) is 0 Å². The van der Waals surface area contributed by atoms with Crippen molar-refractivity contribution in [1.82, 2.24) is 5.32 Å². The minimum atomic E-state index is -1.56. The summed E-state index contributed by atoms with van der Waals surface area (Å²) in [6.45, 7) is 3.80. The van der Waals surface area contributed by atoms with Crippen molar-refractivity contribution in [2.45, 2.75) is 346 Å². The highest BCUT2D eigenvalue weighted by Gasteiger charge is 2.44. The van der Waals surface area contributed by atoms with Crippen molar-refractivity contribution >= 4 is 5.91 Å². The van der Waals surface area contributed by atoms with E-state index in [1.165, 1.54) is 244 Å². The molecule has 414 valence electrons. The lowest BCUT2D eigenvalue weighted by Gasteiger charge is -2.40. The molecule has 1 fully saturated rings. The second kappa shape index (κ2) is 51.2. The smallest absolute Gasteiger partial charge is 0.220 e. The molecule has 7 atom stereocenters. The van der Waals surface area contributed by atoms with E-state index in [1.54, 1.807) is 6.08 Å². The van der Waals surface area contributed by atoms with Gasteiger partial charge in [-0.3, -0.25) is 4.79 Å². The lowest BCUT2D eigenvalue weighted by atomic mass is 9.99. The molecule has 0 spiro atoms. The van der Waals surface area contributed by atoms with Gasteiger partial charge in [0, 0.05) is 6.42 Å². The Hall–Kier alpha value is -1.33. The van der Waals surface area contributed by atoms with E-state index in [2.05, 4.69) is 31.3 Å². The summed E-state index contributed by atoms with van der Waals surface area (Å²) in [5.41, 5.74) is 0. The van der Waals surface area contributed by atoms with Crippen LogP contribution < -0.4 is 5.32 Å². The van der Waals surface area contributed by atoms with Gasteiger partial charge in [0.2, 0.25) is 5.91 Å². The van der Waals surface area contributed by atoms with Crippen LogP contribution in [-0.2, 0) is 14.3 Å². The third kappa shape index (κ3) is 40.1. The highest BCUT2D eigenvalue weighted by molar-refractivity contribution is 5.76. The molecular weight excluding hydrogens is 875 g/mol. The first-order valence-electron chi connectivity index (χ1n) is 30.6. The minimum Gasteiger partial charge on any atom is -0.394 e. The number of rotatable bonds is 53. The molecule has 9 nitrogen and oxygen atoms in total. The van der Waals surface area contributed by atoms with E-state index in [1.807, 2.05) is 6.08 Å². The van der Waals surface area contributed by atoms with E-state index in [9.17, 15) is 30.3 Å². The average Bonchev–Trinajstić information content (AvgIpc) is 3.36. The molecule has 1 aliphatic heterocycles. The van der Waals surface area contributed by atoms with E-state index < -0.39 is 49.5 Å². The van der Waals surface area contributed by atoms with Crippen LogP contribution in [0.1, 0.15) is 303 Å². The van der Waals surface area contributed by atoms with Crippen molar-refractivity contribution in [3.63, 3.8) is 0 Å². The van der Waals surface area contributed by atoms with Gasteiger partial charge < -0.3 is 40.3 Å². The summed E-state index contributed by atoms with van der Waals surface area (Å²) in [7, 11) is 0. The molecule has 1 heterocycles. The van der Waals surface area contributed by atoms with Crippen molar-refractivity contribution in [2.24, 2.45) is 0 Å². The zero-order valence-corrected chi connectivity index (χ0v) is 46.0. The van der Waals surface area contributed by atoms with Gasteiger partial charge in [0.15, 0.2) is 6.29 Å². The van der Waals surface area contributed by atoms with Crippen LogP contribution in [-0.4, -0.2) is 87.5 Å². The number of carbonyl (C=O) groups excluding carboxylic acids is 1. The van der Waals surface area contributed by atoms with Crippen molar-refractivity contribution in [3.05, 3.63) is 24.3 Å².